The zero-order valence-electron chi connectivity index (χ0n) is 8.63. The van der Waals surface area contributed by atoms with E-state index in [-0.39, 0.29) is 5.82 Å². The Bertz CT molecular complexity index is 360. The number of hydrogen-bond acceptors (Lipinski definition) is 1. The van der Waals surface area contributed by atoms with E-state index in [4.69, 9.17) is 11.6 Å². The van der Waals surface area contributed by atoms with E-state index in [1.54, 1.807) is 12.1 Å². The van der Waals surface area contributed by atoms with Crippen LogP contribution in [-0.4, -0.2) is 10.7 Å². The molecule has 1 nitrogen and oxygen atoms in total. The lowest BCUT2D eigenvalue weighted by Gasteiger charge is -2.12. The largest absolute Gasteiger partial charge is 0.389 e. The Morgan fingerprint density at radius 3 is 2.87 bits per heavy atom. The maximum Gasteiger partial charge on any atom is 0.127 e. The van der Waals surface area contributed by atoms with Crippen LogP contribution in [0, 0.1) is 11.7 Å². The number of halogens is 2. The molecule has 2 rings (SSSR count). The molecule has 1 aliphatic carbocycles. The predicted molar refractivity (Wildman–Crippen MR) is 58.5 cm³/mol. The van der Waals surface area contributed by atoms with Gasteiger partial charge in [-0.2, -0.15) is 0 Å². The standard InChI is InChI=1S/C12H14ClFO/c1-2-8-6-12(8,15)7-9-10(13)4-3-5-11(9)14/h3-5,8,15H,2,6-7H2,1H3. The summed E-state index contributed by atoms with van der Waals surface area (Å²) in [5.41, 5.74) is -0.279. The summed E-state index contributed by atoms with van der Waals surface area (Å²) >= 11 is 5.90. The Kier molecular flexibility index (Phi) is 2.73. The minimum Gasteiger partial charge on any atom is -0.389 e. The van der Waals surface area contributed by atoms with Crippen molar-refractivity contribution in [1.29, 1.82) is 0 Å². The fourth-order valence-electron chi connectivity index (χ4n) is 2.12. The second-order valence-corrected chi connectivity index (χ2v) is 4.70. The highest BCUT2D eigenvalue weighted by Gasteiger charge is 2.51. The van der Waals surface area contributed by atoms with Crippen LogP contribution in [0.4, 0.5) is 4.39 Å². The van der Waals surface area contributed by atoms with E-state index in [2.05, 4.69) is 0 Å². The van der Waals surface area contributed by atoms with Crippen LogP contribution in [0.15, 0.2) is 18.2 Å². The number of benzene rings is 1. The summed E-state index contributed by atoms with van der Waals surface area (Å²) in [5, 5.41) is 10.5. The van der Waals surface area contributed by atoms with Gasteiger partial charge < -0.3 is 5.11 Å². The predicted octanol–water partition coefficient (Wildman–Crippen LogP) is 3.18. The zero-order valence-corrected chi connectivity index (χ0v) is 9.39. The van der Waals surface area contributed by atoms with Crippen molar-refractivity contribution >= 4 is 11.6 Å². The van der Waals surface area contributed by atoms with Gasteiger partial charge in [-0.25, -0.2) is 4.39 Å². The number of hydrogen-bond donors (Lipinski definition) is 1. The average molecular weight is 229 g/mol. The SMILES string of the molecule is CCC1CC1(O)Cc1c(F)cccc1Cl. The van der Waals surface area contributed by atoms with Gasteiger partial charge in [0.15, 0.2) is 0 Å². The molecule has 1 N–H and O–H groups in total. The maximum absolute atomic E-state index is 13.4. The minimum atomic E-state index is -0.722. The fourth-order valence-corrected chi connectivity index (χ4v) is 2.35. The zero-order chi connectivity index (χ0) is 11.1. The van der Waals surface area contributed by atoms with Crippen molar-refractivity contribution in [2.24, 2.45) is 5.92 Å². The highest BCUT2D eigenvalue weighted by atomic mass is 35.5. The summed E-state index contributed by atoms with van der Waals surface area (Å²) in [4.78, 5) is 0. The van der Waals surface area contributed by atoms with E-state index in [1.807, 2.05) is 6.92 Å². The van der Waals surface area contributed by atoms with Gasteiger partial charge >= 0.3 is 0 Å². The molecule has 0 spiro atoms. The molecule has 1 aliphatic rings. The smallest absolute Gasteiger partial charge is 0.127 e. The molecule has 2 atom stereocenters. The summed E-state index contributed by atoms with van der Waals surface area (Å²) in [6, 6.07) is 4.62. The summed E-state index contributed by atoms with van der Waals surface area (Å²) in [7, 11) is 0. The minimum absolute atomic E-state index is 0.299. The third kappa shape index (κ3) is 2.01. The molecule has 0 radical (unpaired) electrons. The first-order chi connectivity index (χ1) is 7.07. The highest BCUT2D eigenvalue weighted by molar-refractivity contribution is 6.31. The lowest BCUT2D eigenvalue weighted by atomic mass is 10.0. The molecule has 0 bridgehead atoms. The van der Waals surface area contributed by atoms with E-state index >= 15 is 0 Å². The average Bonchev–Trinajstić information content (AvgIpc) is 2.84. The molecule has 0 aliphatic heterocycles. The molecule has 2 unspecified atom stereocenters. The van der Waals surface area contributed by atoms with Crippen molar-refractivity contribution in [3.8, 4) is 0 Å². The van der Waals surface area contributed by atoms with Gasteiger partial charge in [0.2, 0.25) is 0 Å². The first-order valence-electron chi connectivity index (χ1n) is 5.22. The van der Waals surface area contributed by atoms with E-state index in [0.29, 0.717) is 22.9 Å². The Morgan fingerprint density at radius 2 is 2.33 bits per heavy atom. The normalized spacial score (nSPS) is 29.2. The molecule has 1 aromatic carbocycles. The quantitative estimate of drug-likeness (QED) is 0.843. The van der Waals surface area contributed by atoms with Gasteiger partial charge in [-0.1, -0.05) is 31.0 Å². The first kappa shape index (κ1) is 10.9. The molecule has 1 saturated carbocycles. The summed E-state index contributed by atoms with van der Waals surface area (Å²) in [6.07, 6.45) is 2.02. The van der Waals surface area contributed by atoms with Crippen molar-refractivity contribution in [2.45, 2.75) is 31.8 Å². The lowest BCUT2D eigenvalue weighted by molar-refractivity contribution is 0.129. The second kappa shape index (κ2) is 3.76. The van der Waals surface area contributed by atoms with E-state index in [9.17, 15) is 9.50 Å². The van der Waals surface area contributed by atoms with Gasteiger partial charge in [0.25, 0.3) is 0 Å². The van der Waals surface area contributed by atoms with Gasteiger partial charge in [-0.15, -0.1) is 0 Å². The molecular weight excluding hydrogens is 215 g/mol. The van der Waals surface area contributed by atoms with Crippen LogP contribution in [0.2, 0.25) is 5.02 Å². The monoisotopic (exact) mass is 228 g/mol. The second-order valence-electron chi connectivity index (χ2n) is 4.29. The fraction of sp³-hybridized carbons (Fsp3) is 0.500. The van der Waals surface area contributed by atoms with E-state index in [1.165, 1.54) is 6.07 Å². The van der Waals surface area contributed by atoms with Crippen LogP contribution in [0.3, 0.4) is 0 Å². The molecule has 15 heavy (non-hydrogen) atoms. The number of rotatable bonds is 3. The van der Waals surface area contributed by atoms with Gasteiger partial charge in [-0.3, -0.25) is 0 Å². The number of aliphatic hydroxyl groups is 1. The molecular formula is C12H14ClFO. The third-order valence-corrected chi connectivity index (χ3v) is 3.59. The van der Waals surface area contributed by atoms with Crippen LogP contribution in [0.25, 0.3) is 0 Å². The summed E-state index contributed by atoms with van der Waals surface area (Å²) < 4.78 is 13.4. The van der Waals surface area contributed by atoms with Crippen molar-refractivity contribution in [1.82, 2.24) is 0 Å². The van der Waals surface area contributed by atoms with Crippen LogP contribution < -0.4 is 0 Å². The van der Waals surface area contributed by atoms with Crippen molar-refractivity contribution in [3.05, 3.63) is 34.6 Å². The molecule has 3 heteroatoms. The van der Waals surface area contributed by atoms with Crippen LogP contribution in [0.1, 0.15) is 25.3 Å². The molecule has 0 aromatic heterocycles. The Balaban J connectivity index is 2.19. The lowest BCUT2D eigenvalue weighted by Crippen LogP contribution is -2.16. The van der Waals surface area contributed by atoms with Crippen LogP contribution >= 0.6 is 11.6 Å². The Morgan fingerprint density at radius 1 is 1.60 bits per heavy atom. The Hall–Kier alpha value is -0.600. The summed E-state index contributed by atoms with van der Waals surface area (Å²) in [5.74, 6) is -0.0224. The van der Waals surface area contributed by atoms with E-state index in [0.717, 1.165) is 12.8 Å². The molecule has 0 amide bonds. The Labute approximate surface area is 93.9 Å². The van der Waals surface area contributed by atoms with Crippen LogP contribution in [0.5, 0.6) is 0 Å². The van der Waals surface area contributed by atoms with Gasteiger partial charge in [0.1, 0.15) is 5.82 Å². The van der Waals surface area contributed by atoms with Gasteiger partial charge in [-0.05, 0) is 24.5 Å². The third-order valence-electron chi connectivity index (χ3n) is 3.24. The van der Waals surface area contributed by atoms with Crippen molar-refractivity contribution in [2.75, 3.05) is 0 Å². The van der Waals surface area contributed by atoms with Crippen molar-refractivity contribution < 1.29 is 9.50 Å². The molecule has 0 heterocycles. The van der Waals surface area contributed by atoms with Gasteiger partial charge in [0, 0.05) is 17.0 Å². The topological polar surface area (TPSA) is 20.2 Å². The molecule has 0 saturated heterocycles. The van der Waals surface area contributed by atoms with Crippen molar-refractivity contribution in [3.63, 3.8) is 0 Å². The maximum atomic E-state index is 13.4. The first-order valence-corrected chi connectivity index (χ1v) is 5.60. The highest BCUT2D eigenvalue weighted by Crippen LogP contribution is 2.48. The molecule has 82 valence electrons. The molecule has 1 fully saturated rings. The van der Waals surface area contributed by atoms with E-state index < -0.39 is 5.60 Å². The molecule has 1 aromatic rings. The summed E-state index contributed by atoms with van der Waals surface area (Å²) in [6.45, 7) is 2.03. The van der Waals surface area contributed by atoms with Crippen LogP contribution in [-0.2, 0) is 6.42 Å². The van der Waals surface area contributed by atoms with Gasteiger partial charge in [0.05, 0.1) is 5.60 Å².